The molecule has 4 nitrogen and oxygen atoms in total. The Balaban J connectivity index is 1.83. The highest BCUT2D eigenvalue weighted by atomic mass is 32.2. The largest absolute Gasteiger partial charge is 0.384 e. The molecule has 2 aliphatic heterocycles. The van der Waals surface area contributed by atoms with Crippen LogP contribution in [-0.4, -0.2) is 32.4 Å². The topological polar surface area (TPSA) is 49.4 Å². The molecule has 1 saturated heterocycles. The Morgan fingerprint density at radius 2 is 2.14 bits per heavy atom. The lowest BCUT2D eigenvalue weighted by atomic mass is 9.98. The lowest BCUT2D eigenvalue weighted by Crippen LogP contribution is -2.32. The average molecular weight is 308 g/mol. The molecular weight excluding hydrogens is 284 g/mol. The van der Waals surface area contributed by atoms with E-state index in [9.17, 15) is 8.42 Å². The van der Waals surface area contributed by atoms with E-state index >= 15 is 0 Å². The molecule has 0 aromatic heterocycles. The molecule has 1 N–H and O–H groups in total. The van der Waals surface area contributed by atoms with Gasteiger partial charge in [0.2, 0.25) is 10.0 Å². The zero-order chi connectivity index (χ0) is 14.9. The number of fused-ring (bicyclic) bond motifs is 1. The van der Waals surface area contributed by atoms with Crippen molar-refractivity contribution in [3.8, 4) is 0 Å². The van der Waals surface area contributed by atoms with Crippen LogP contribution in [0.5, 0.6) is 0 Å². The van der Waals surface area contributed by atoms with Crippen LogP contribution in [0.3, 0.4) is 0 Å². The predicted octanol–water partition coefficient (Wildman–Crippen LogP) is 2.86. The molecule has 5 heteroatoms. The van der Waals surface area contributed by atoms with Crippen LogP contribution in [0.4, 0.5) is 5.69 Å². The predicted molar refractivity (Wildman–Crippen MR) is 85.0 cm³/mol. The Morgan fingerprint density at radius 3 is 2.95 bits per heavy atom. The first-order valence-electron chi connectivity index (χ1n) is 7.98. The molecule has 1 unspecified atom stereocenters. The molecule has 0 bridgehead atoms. The van der Waals surface area contributed by atoms with Gasteiger partial charge in [-0.3, -0.25) is 0 Å². The van der Waals surface area contributed by atoms with Gasteiger partial charge in [0.1, 0.15) is 0 Å². The number of benzene rings is 1. The molecule has 0 aliphatic carbocycles. The van der Waals surface area contributed by atoms with E-state index in [0.29, 0.717) is 23.9 Å². The number of anilines is 1. The molecule has 0 radical (unpaired) electrons. The zero-order valence-corrected chi connectivity index (χ0v) is 13.5. The van der Waals surface area contributed by atoms with E-state index in [4.69, 9.17) is 0 Å². The Labute approximate surface area is 127 Å². The first-order valence-corrected chi connectivity index (χ1v) is 9.42. The average Bonchev–Trinajstić information content (AvgIpc) is 2.81. The Kier molecular flexibility index (Phi) is 4.22. The van der Waals surface area contributed by atoms with Crippen molar-refractivity contribution in [2.24, 2.45) is 5.92 Å². The third kappa shape index (κ3) is 2.94. The first-order chi connectivity index (χ1) is 10.1. The minimum absolute atomic E-state index is 0.436. The number of hydrogen-bond donors (Lipinski definition) is 1. The van der Waals surface area contributed by atoms with Gasteiger partial charge in [-0.05, 0) is 49.3 Å². The summed E-state index contributed by atoms with van der Waals surface area (Å²) in [7, 11) is -3.35. The number of nitrogens with zero attached hydrogens (tertiary/aromatic N) is 1. The molecule has 0 saturated carbocycles. The maximum absolute atomic E-state index is 12.8. The van der Waals surface area contributed by atoms with Gasteiger partial charge in [-0.2, -0.15) is 4.31 Å². The highest BCUT2D eigenvalue weighted by Crippen LogP contribution is 2.29. The standard InChI is InChI=1S/C16H24N2O2S/c1-2-13-4-3-10-18(11-8-13)21(19,20)15-6-5-14-7-9-17-16(14)12-15/h5-6,12-13,17H,2-4,7-11H2,1H3. The monoisotopic (exact) mass is 308 g/mol. The summed E-state index contributed by atoms with van der Waals surface area (Å²) in [4.78, 5) is 0.436. The molecule has 21 heavy (non-hydrogen) atoms. The van der Waals surface area contributed by atoms with Crippen LogP contribution in [0, 0.1) is 5.92 Å². The van der Waals surface area contributed by atoms with E-state index < -0.39 is 10.0 Å². The van der Waals surface area contributed by atoms with Crippen LogP contribution in [0.15, 0.2) is 23.1 Å². The van der Waals surface area contributed by atoms with Gasteiger partial charge in [-0.25, -0.2) is 8.42 Å². The molecule has 3 rings (SSSR count). The minimum atomic E-state index is -3.35. The van der Waals surface area contributed by atoms with Crippen LogP contribution < -0.4 is 5.32 Å². The van der Waals surface area contributed by atoms with Gasteiger partial charge < -0.3 is 5.32 Å². The summed E-state index contributed by atoms with van der Waals surface area (Å²) >= 11 is 0. The fraction of sp³-hybridized carbons (Fsp3) is 0.625. The van der Waals surface area contributed by atoms with E-state index in [1.54, 1.807) is 16.4 Å². The summed E-state index contributed by atoms with van der Waals surface area (Å²) < 4.78 is 27.3. The van der Waals surface area contributed by atoms with E-state index in [-0.39, 0.29) is 0 Å². The van der Waals surface area contributed by atoms with Crippen LogP contribution in [-0.2, 0) is 16.4 Å². The molecule has 0 amide bonds. The second-order valence-corrected chi connectivity index (χ2v) is 8.04. The van der Waals surface area contributed by atoms with Crippen LogP contribution >= 0.6 is 0 Å². The Bertz CT molecular complexity index is 613. The fourth-order valence-electron chi connectivity index (χ4n) is 3.37. The molecule has 116 valence electrons. The summed E-state index contributed by atoms with van der Waals surface area (Å²) in [6.45, 7) is 4.41. The van der Waals surface area contributed by atoms with Gasteiger partial charge in [0.25, 0.3) is 0 Å². The van der Waals surface area contributed by atoms with Crippen LogP contribution in [0.1, 0.15) is 38.2 Å². The van der Waals surface area contributed by atoms with E-state index in [2.05, 4.69) is 12.2 Å². The molecule has 2 heterocycles. The highest BCUT2D eigenvalue weighted by molar-refractivity contribution is 7.89. The molecule has 1 fully saturated rings. The smallest absolute Gasteiger partial charge is 0.243 e. The lowest BCUT2D eigenvalue weighted by Gasteiger charge is -2.20. The number of sulfonamides is 1. The highest BCUT2D eigenvalue weighted by Gasteiger charge is 2.28. The summed E-state index contributed by atoms with van der Waals surface area (Å²) in [5.41, 5.74) is 2.20. The third-order valence-corrected chi connectivity index (χ3v) is 6.71. The quantitative estimate of drug-likeness (QED) is 0.934. The van der Waals surface area contributed by atoms with Crippen molar-refractivity contribution in [3.05, 3.63) is 23.8 Å². The summed E-state index contributed by atoms with van der Waals surface area (Å²) in [6.07, 6.45) is 5.24. The first kappa shape index (κ1) is 14.9. The van der Waals surface area contributed by atoms with Crippen molar-refractivity contribution in [1.29, 1.82) is 0 Å². The number of rotatable bonds is 3. The summed E-state index contributed by atoms with van der Waals surface area (Å²) in [5.74, 6) is 0.673. The summed E-state index contributed by atoms with van der Waals surface area (Å²) in [6, 6.07) is 5.53. The SMILES string of the molecule is CCC1CCCN(S(=O)(=O)c2ccc3c(c2)NCC3)CC1. The molecule has 1 atom stereocenters. The van der Waals surface area contributed by atoms with E-state index in [1.807, 2.05) is 6.07 Å². The number of nitrogens with one attached hydrogen (secondary N) is 1. The molecule has 1 aromatic carbocycles. The van der Waals surface area contributed by atoms with Crippen LogP contribution in [0.2, 0.25) is 0 Å². The van der Waals surface area contributed by atoms with E-state index in [1.165, 1.54) is 5.56 Å². The second kappa shape index (κ2) is 5.97. The van der Waals surface area contributed by atoms with Gasteiger partial charge in [-0.15, -0.1) is 0 Å². The maximum atomic E-state index is 12.8. The Hall–Kier alpha value is -1.07. The van der Waals surface area contributed by atoms with Gasteiger partial charge in [0.15, 0.2) is 0 Å². The number of hydrogen-bond acceptors (Lipinski definition) is 3. The maximum Gasteiger partial charge on any atom is 0.243 e. The van der Waals surface area contributed by atoms with Gasteiger partial charge in [0.05, 0.1) is 4.90 Å². The van der Waals surface area contributed by atoms with Crippen molar-refractivity contribution in [1.82, 2.24) is 4.31 Å². The van der Waals surface area contributed by atoms with Gasteiger partial charge in [0, 0.05) is 25.3 Å². The van der Waals surface area contributed by atoms with Crippen molar-refractivity contribution < 1.29 is 8.42 Å². The van der Waals surface area contributed by atoms with Crippen molar-refractivity contribution in [3.63, 3.8) is 0 Å². The minimum Gasteiger partial charge on any atom is -0.384 e. The molecular formula is C16H24N2O2S. The Morgan fingerprint density at radius 1 is 1.29 bits per heavy atom. The summed E-state index contributed by atoms with van der Waals surface area (Å²) in [5, 5.41) is 3.26. The van der Waals surface area contributed by atoms with Gasteiger partial charge >= 0.3 is 0 Å². The molecule has 0 spiro atoms. The second-order valence-electron chi connectivity index (χ2n) is 6.10. The van der Waals surface area contributed by atoms with Crippen molar-refractivity contribution >= 4 is 15.7 Å². The zero-order valence-electron chi connectivity index (χ0n) is 12.6. The normalized spacial score (nSPS) is 23.4. The van der Waals surface area contributed by atoms with Crippen molar-refractivity contribution in [2.75, 3.05) is 25.0 Å². The van der Waals surface area contributed by atoms with E-state index in [0.717, 1.165) is 44.3 Å². The third-order valence-electron chi connectivity index (χ3n) is 4.81. The van der Waals surface area contributed by atoms with Crippen molar-refractivity contribution in [2.45, 2.75) is 43.9 Å². The van der Waals surface area contributed by atoms with Crippen LogP contribution in [0.25, 0.3) is 0 Å². The van der Waals surface area contributed by atoms with Gasteiger partial charge in [-0.1, -0.05) is 19.4 Å². The molecule has 2 aliphatic rings. The lowest BCUT2D eigenvalue weighted by molar-refractivity contribution is 0.407. The molecule has 1 aromatic rings. The fourth-order valence-corrected chi connectivity index (χ4v) is 4.89.